The molecule has 13 nitrogen and oxygen atoms in total. The fraction of sp³-hybridized carbons (Fsp3) is 0.541. The van der Waals surface area contributed by atoms with Crippen molar-refractivity contribution in [2.75, 3.05) is 26.2 Å². The van der Waals surface area contributed by atoms with Crippen LogP contribution in [0.15, 0.2) is 60.7 Å². The Hall–Kier alpha value is -4.33. The number of piperidine rings is 1. The highest BCUT2D eigenvalue weighted by molar-refractivity contribution is 5.95. The number of likely N-dealkylation sites (tertiary alicyclic amines) is 2. The van der Waals surface area contributed by atoms with E-state index in [0.29, 0.717) is 51.7 Å². The molecule has 6 unspecified atom stereocenters. The van der Waals surface area contributed by atoms with E-state index in [1.165, 1.54) is 0 Å². The maximum absolute atomic E-state index is 13.9. The minimum absolute atomic E-state index is 0.0221. The Morgan fingerprint density at radius 2 is 1.32 bits per heavy atom. The van der Waals surface area contributed by atoms with Gasteiger partial charge in [-0.15, -0.1) is 0 Å². The summed E-state index contributed by atoms with van der Waals surface area (Å²) in [6, 6.07) is 14.7. The van der Waals surface area contributed by atoms with Gasteiger partial charge in [0, 0.05) is 31.6 Å². The van der Waals surface area contributed by atoms with E-state index in [2.05, 4.69) is 16.0 Å². The Bertz CT molecular complexity index is 1430. The highest BCUT2D eigenvalue weighted by Crippen LogP contribution is 2.33. The summed E-state index contributed by atoms with van der Waals surface area (Å²) in [5.74, 6) is -2.59. The molecule has 2 aliphatic rings. The third-order valence-corrected chi connectivity index (χ3v) is 9.33. The van der Waals surface area contributed by atoms with E-state index in [1.54, 1.807) is 4.90 Å². The average Bonchev–Trinajstić information content (AvgIpc) is 3.07. The molecule has 6 atom stereocenters. The fourth-order valence-electron chi connectivity index (χ4n) is 6.85. The number of carboxylic acid groups (broad SMARTS) is 1. The fourth-order valence-corrected chi connectivity index (χ4v) is 6.85. The summed E-state index contributed by atoms with van der Waals surface area (Å²) in [6.07, 6.45) is 3.26. The maximum Gasteiger partial charge on any atom is 0.317 e. The largest absolute Gasteiger partial charge is 0.480 e. The lowest BCUT2D eigenvalue weighted by Gasteiger charge is -2.56. The molecular weight excluding hydrogens is 638 g/mol. The van der Waals surface area contributed by atoms with E-state index in [9.17, 15) is 29.1 Å². The van der Waals surface area contributed by atoms with Gasteiger partial charge in [-0.3, -0.25) is 28.9 Å². The molecular formula is C37H53N7O6. The van der Waals surface area contributed by atoms with Crippen LogP contribution >= 0.6 is 0 Å². The maximum atomic E-state index is 13.9. The SMILES string of the molecule is CC(C)CC(NC(=O)C(Cc1ccccc1)NC(=O)C(N)Cc1ccccc1)C(=O)NC(CCCCN)C(=O)N1C2CC1CN(CC(=O)O)C2. The molecule has 2 saturated heterocycles. The predicted octanol–water partition coefficient (Wildman–Crippen LogP) is 0.798. The van der Waals surface area contributed by atoms with Crippen LogP contribution < -0.4 is 27.4 Å². The van der Waals surface area contributed by atoms with Crippen LogP contribution in [-0.2, 0) is 36.8 Å². The van der Waals surface area contributed by atoms with Crippen LogP contribution in [0.2, 0.25) is 0 Å². The van der Waals surface area contributed by atoms with Gasteiger partial charge in [0.2, 0.25) is 23.6 Å². The molecule has 2 fully saturated rings. The number of hydrogen-bond donors (Lipinski definition) is 6. The number of nitrogens with one attached hydrogen (secondary N) is 3. The molecule has 2 heterocycles. The van der Waals surface area contributed by atoms with Gasteiger partial charge in [-0.05, 0) is 62.1 Å². The van der Waals surface area contributed by atoms with Gasteiger partial charge >= 0.3 is 5.97 Å². The summed E-state index contributed by atoms with van der Waals surface area (Å²) >= 11 is 0. The van der Waals surface area contributed by atoms with Crippen LogP contribution in [0.5, 0.6) is 0 Å². The van der Waals surface area contributed by atoms with Crippen molar-refractivity contribution >= 4 is 29.6 Å². The normalized spacial score (nSPS) is 19.4. The summed E-state index contributed by atoms with van der Waals surface area (Å²) in [6.45, 7) is 5.18. The Labute approximate surface area is 294 Å². The van der Waals surface area contributed by atoms with Gasteiger partial charge in [0.25, 0.3) is 0 Å². The second-order valence-corrected chi connectivity index (χ2v) is 14.0. The number of fused-ring (bicyclic) bond motifs is 2. The molecule has 0 spiro atoms. The van der Waals surface area contributed by atoms with Crippen molar-refractivity contribution in [2.24, 2.45) is 17.4 Å². The van der Waals surface area contributed by atoms with E-state index >= 15 is 0 Å². The number of rotatable bonds is 19. The minimum atomic E-state index is -1.01. The van der Waals surface area contributed by atoms with E-state index in [-0.39, 0.29) is 36.9 Å². The van der Waals surface area contributed by atoms with Gasteiger partial charge in [-0.2, -0.15) is 0 Å². The quantitative estimate of drug-likeness (QED) is 0.115. The van der Waals surface area contributed by atoms with Crippen molar-refractivity contribution in [3.05, 3.63) is 71.8 Å². The van der Waals surface area contributed by atoms with Crippen LogP contribution in [-0.4, -0.2) is 107 Å². The van der Waals surface area contributed by atoms with E-state index in [1.807, 2.05) is 79.4 Å². The molecule has 50 heavy (non-hydrogen) atoms. The number of nitrogens with zero attached hydrogens (tertiary/aromatic N) is 2. The molecule has 0 aromatic heterocycles. The number of carboxylic acids is 1. The highest BCUT2D eigenvalue weighted by Gasteiger charge is 2.49. The van der Waals surface area contributed by atoms with Crippen molar-refractivity contribution in [2.45, 2.75) is 95.0 Å². The molecule has 2 bridgehead atoms. The summed E-state index contributed by atoms with van der Waals surface area (Å²) in [7, 11) is 0. The Balaban J connectivity index is 1.47. The third kappa shape index (κ3) is 11.1. The minimum Gasteiger partial charge on any atom is -0.480 e. The zero-order valence-electron chi connectivity index (χ0n) is 29.1. The number of nitrogens with two attached hydrogens (primary N) is 2. The van der Waals surface area contributed by atoms with Gasteiger partial charge < -0.3 is 37.4 Å². The number of hydrogen-bond acceptors (Lipinski definition) is 8. The first-order chi connectivity index (χ1) is 23.9. The lowest BCUT2D eigenvalue weighted by molar-refractivity contribution is -0.159. The number of carbonyl (C=O) groups excluding carboxylic acids is 4. The molecule has 13 heteroatoms. The average molecular weight is 692 g/mol. The molecule has 2 aromatic rings. The van der Waals surface area contributed by atoms with Gasteiger partial charge in [0.15, 0.2) is 0 Å². The van der Waals surface area contributed by atoms with Gasteiger partial charge in [-0.1, -0.05) is 74.5 Å². The topological polar surface area (TPSA) is 200 Å². The van der Waals surface area contributed by atoms with Crippen molar-refractivity contribution in [3.8, 4) is 0 Å². The first kappa shape index (κ1) is 38.5. The smallest absolute Gasteiger partial charge is 0.317 e. The van der Waals surface area contributed by atoms with Crippen LogP contribution in [0.25, 0.3) is 0 Å². The number of benzene rings is 2. The zero-order chi connectivity index (χ0) is 36.2. The molecule has 0 radical (unpaired) electrons. The number of carbonyl (C=O) groups is 5. The molecule has 4 rings (SSSR count). The van der Waals surface area contributed by atoms with Crippen molar-refractivity contribution in [3.63, 3.8) is 0 Å². The molecule has 2 aliphatic heterocycles. The van der Waals surface area contributed by atoms with Gasteiger partial charge in [0.1, 0.15) is 18.1 Å². The van der Waals surface area contributed by atoms with Crippen LogP contribution in [0.4, 0.5) is 0 Å². The Morgan fingerprint density at radius 1 is 0.780 bits per heavy atom. The standard InChI is InChI=1S/C37H53N7O6/c1-24(2)17-31(35(48)40-30(15-9-10-16-38)37(50)44-27-20-28(44)22-43(21-27)23-33(45)46)42-36(49)32(19-26-13-7-4-8-14-26)41-34(47)29(39)18-25-11-5-3-6-12-25/h3-8,11-14,24,27-32H,9-10,15-23,38-39H2,1-2H3,(H,40,48)(H,41,47)(H,42,49)(H,45,46). The van der Waals surface area contributed by atoms with Crippen LogP contribution in [0.1, 0.15) is 57.1 Å². The lowest BCUT2D eigenvalue weighted by Crippen LogP contribution is -2.72. The van der Waals surface area contributed by atoms with Gasteiger partial charge in [0.05, 0.1) is 12.6 Å². The van der Waals surface area contributed by atoms with E-state index in [0.717, 1.165) is 17.5 Å². The number of amides is 4. The first-order valence-corrected chi connectivity index (χ1v) is 17.7. The molecule has 0 aliphatic carbocycles. The number of unbranched alkanes of at least 4 members (excludes halogenated alkanes) is 1. The van der Waals surface area contributed by atoms with Crippen molar-refractivity contribution in [1.29, 1.82) is 0 Å². The number of aliphatic carboxylic acids is 1. The molecule has 272 valence electrons. The summed E-state index contributed by atoms with van der Waals surface area (Å²) in [5, 5.41) is 17.9. The molecule has 4 amide bonds. The predicted molar refractivity (Wildman–Crippen MR) is 190 cm³/mol. The number of piperazine rings is 1. The van der Waals surface area contributed by atoms with Crippen LogP contribution in [0, 0.1) is 5.92 Å². The zero-order valence-corrected chi connectivity index (χ0v) is 29.1. The molecule has 8 N–H and O–H groups in total. The lowest BCUT2D eigenvalue weighted by atomic mass is 9.86. The summed E-state index contributed by atoms with van der Waals surface area (Å²) in [4.78, 5) is 69.9. The molecule has 2 aromatic carbocycles. The Kier molecular flexibility index (Phi) is 14.3. The van der Waals surface area contributed by atoms with Crippen molar-refractivity contribution < 1.29 is 29.1 Å². The van der Waals surface area contributed by atoms with Crippen molar-refractivity contribution in [1.82, 2.24) is 25.8 Å². The van der Waals surface area contributed by atoms with E-state index in [4.69, 9.17) is 11.5 Å². The second-order valence-electron chi connectivity index (χ2n) is 14.0. The third-order valence-electron chi connectivity index (χ3n) is 9.33. The monoisotopic (exact) mass is 691 g/mol. The van der Waals surface area contributed by atoms with Crippen LogP contribution in [0.3, 0.4) is 0 Å². The highest BCUT2D eigenvalue weighted by atomic mass is 16.4. The van der Waals surface area contributed by atoms with Gasteiger partial charge in [-0.25, -0.2) is 0 Å². The molecule has 0 saturated carbocycles. The Morgan fingerprint density at radius 3 is 1.88 bits per heavy atom. The van der Waals surface area contributed by atoms with E-state index < -0.39 is 47.9 Å². The second kappa shape index (κ2) is 18.6. The first-order valence-electron chi connectivity index (χ1n) is 17.7. The summed E-state index contributed by atoms with van der Waals surface area (Å²) < 4.78 is 0. The summed E-state index contributed by atoms with van der Waals surface area (Å²) in [5.41, 5.74) is 13.7.